The molecule has 0 aliphatic carbocycles. The SMILES string of the molecule is Cc1c(Cl)cccc1NC(=O)CN1CC[C@H](N)C1. The van der Waals surface area contributed by atoms with E-state index in [-0.39, 0.29) is 11.9 Å². The summed E-state index contributed by atoms with van der Waals surface area (Å²) in [5.74, 6) is -0.0190. The van der Waals surface area contributed by atoms with Crippen LogP contribution in [0.15, 0.2) is 18.2 Å². The molecule has 1 aliphatic heterocycles. The van der Waals surface area contributed by atoms with Gasteiger partial charge < -0.3 is 11.1 Å². The molecule has 98 valence electrons. The van der Waals surface area contributed by atoms with E-state index in [0.717, 1.165) is 30.8 Å². The van der Waals surface area contributed by atoms with Crippen LogP contribution in [0, 0.1) is 6.92 Å². The lowest BCUT2D eigenvalue weighted by molar-refractivity contribution is -0.117. The van der Waals surface area contributed by atoms with Gasteiger partial charge >= 0.3 is 0 Å². The van der Waals surface area contributed by atoms with E-state index in [9.17, 15) is 4.79 Å². The third-order valence-corrected chi connectivity index (χ3v) is 3.63. The first kappa shape index (κ1) is 13.3. The van der Waals surface area contributed by atoms with Gasteiger partial charge in [-0.05, 0) is 31.0 Å². The van der Waals surface area contributed by atoms with Gasteiger partial charge in [0, 0.05) is 29.8 Å². The Balaban J connectivity index is 1.93. The van der Waals surface area contributed by atoms with Gasteiger partial charge in [0.15, 0.2) is 0 Å². The number of anilines is 1. The van der Waals surface area contributed by atoms with Gasteiger partial charge in [-0.3, -0.25) is 9.69 Å². The second-order valence-corrected chi connectivity index (χ2v) is 5.15. The summed E-state index contributed by atoms with van der Waals surface area (Å²) >= 11 is 6.01. The molecule has 1 aromatic carbocycles. The predicted molar refractivity (Wildman–Crippen MR) is 73.9 cm³/mol. The van der Waals surface area contributed by atoms with E-state index in [1.165, 1.54) is 0 Å². The number of rotatable bonds is 3. The van der Waals surface area contributed by atoms with Crippen LogP contribution in [0.3, 0.4) is 0 Å². The van der Waals surface area contributed by atoms with Crippen LogP contribution in [-0.4, -0.2) is 36.5 Å². The Bertz CT molecular complexity index is 450. The maximum absolute atomic E-state index is 11.9. The summed E-state index contributed by atoms with van der Waals surface area (Å²) in [6.07, 6.45) is 0.962. The molecule has 1 atom stereocenters. The van der Waals surface area contributed by atoms with Gasteiger partial charge in [0.25, 0.3) is 0 Å². The highest BCUT2D eigenvalue weighted by atomic mass is 35.5. The Labute approximate surface area is 112 Å². The molecule has 0 bridgehead atoms. The van der Waals surface area contributed by atoms with Crippen LogP contribution < -0.4 is 11.1 Å². The molecule has 5 heteroatoms. The first-order valence-corrected chi connectivity index (χ1v) is 6.47. The van der Waals surface area contributed by atoms with Gasteiger partial charge in [0.05, 0.1) is 6.54 Å². The fourth-order valence-electron chi connectivity index (χ4n) is 2.14. The number of nitrogens with zero attached hydrogens (tertiary/aromatic N) is 1. The van der Waals surface area contributed by atoms with E-state index < -0.39 is 0 Å². The van der Waals surface area contributed by atoms with Gasteiger partial charge in [-0.15, -0.1) is 0 Å². The number of likely N-dealkylation sites (tertiary alicyclic amines) is 1. The monoisotopic (exact) mass is 267 g/mol. The highest BCUT2D eigenvalue weighted by molar-refractivity contribution is 6.31. The lowest BCUT2D eigenvalue weighted by atomic mass is 10.2. The zero-order chi connectivity index (χ0) is 13.1. The van der Waals surface area contributed by atoms with Crippen LogP contribution >= 0.6 is 11.6 Å². The predicted octanol–water partition coefficient (Wildman–Crippen LogP) is 1.62. The highest BCUT2D eigenvalue weighted by Gasteiger charge is 2.21. The fraction of sp³-hybridized carbons (Fsp3) is 0.462. The summed E-state index contributed by atoms with van der Waals surface area (Å²) in [4.78, 5) is 14.0. The fourth-order valence-corrected chi connectivity index (χ4v) is 2.32. The van der Waals surface area contributed by atoms with E-state index in [2.05, 4.69) is 10.2 Å². The summed E-state index contributed by atoms with van der Waals surface area (Å²) in [6.45, 7) is 3.97. The number of nitrogens with one attached hydrogen (secondary N) is 1. The first-order valence-electron chi connectivity index (χ1n) is 6.09. The molecule has 0 aromatic heterocycles. The van der Waals surface area contributed by atoms with Crippen molar-refractivity contribution in [3.05, 3.63) is 28.8 Å². The highest BCUT2D eigenvalue weighted by Crippen LogP contribution is 2.22. The van der Waals surface area contributed by atoms with Gasteiger partial charge in [-0.25, -0.2) is 0 Å². The zero-order valence-corrected chi connectivity index (χ0v) is 11.2. The molecular formula is C13H18ClN3O. The van der Waals surface area contributed by atoms with Crippen LogP contribution in [0.25, 0.3) is 0 Å². The molecule has 1 saturated heterocycles. The van der Waals surface area contributed by atoms with E-state index in [4.69, 9.17) is 17.3 Å². The molecule has 0 unspecified atom stereocenters. The molecule has 0 spiro atoms. The van der Waals surface area contributed by atoms with Crippen molar-refractivity contribution in [2.24, 2.45) is 5.73 Å². The number of nitrogens with two attached hydrogens (primary N) is 1. The van der Waals surface area contributed by atoms with Crippen LogP contribution in [0.4, 0.5) is 5.69 Å². The number of hydrogen-bond donors (Lipinski definition) is 2. The molecule has 1 heterocycles. The Morgan fingerprint density at radius 2 is 2.39 bits per heavy atom. The molecule has 2 rings (SSSR count). The lowest BCUT2D eigenvalue weighted by Crippen LogP contribution is -2.33. The molecule has 1 amide bonds. The normalized spacial score (nSPS) is 20.1. The Kier molecular flexibility index (Phi) is 4.22. The maximum atomic E-state index is 11.9. The van der Waals surface area contributed by atoms with Crippen LogP contribution in [0.5, 0.6) is 0 Å². The van der Waals surface area contributed by atoms with Crippen LogP contribution in [-0.2, 0) is 4.79 Å². The van der Waals surface area contributed by atoms with E-state index >= 15 is 0 Å². The molecule has 1 aliphatic rings. The molecule has 4 nitrogen and oxygen atoms in total. The number of benzene rings is 1. The topological polar surface area (TPSA) is 58.4 Å². The second-order valence-electron chi connectivity index (χ2n) is 4.74. The minimum absolute atomic E-state index is 0.0190. The molecule has 1 fully saturated rings. The molecule has 1 aromatic rings. The van der Waals surface area contributed by atoms with Crippen molar-refractivity contribution in [1.29, 1.82) is 0 Å². The summed E-state index contributed by atoms with van der Waals surface area (Å²) in [7, 11) is 0. The van der Waals surface area contributed by atoms with Crippen molar-refractivity contribution < 1.29 is 4.79 Å². The van der Waals surface area contributed by atoms with Gasteiger partial charge in [-0.2, -0.15) is 0 Å². The van der Waals surface area contributed by atoms with E-state index in [0.29, 0.717) is 11.6 Å². The van der Waals surface area contributed by atoms with Crippen molar-refractivity contribution in [2.45, 2.75) is 19.4 Å². The van der Waals surface area contributed by atoms with Crippen molar-refractivity contribution in [2.75, 3.05) is 25.0 Å². The summed E-state index contributed by atoms with van der Waals surface area (Å²) < 4.78 is 0. The molecule has 18 heavy (non-hydrogen) atoms. The number of carbonyl (C=O) groups is 1. The standard InChI is InChI=1S/C13H18ClN3O/c1-9-11(14)3-2-4-12(9)16-13(18)8-17-6-5-10(15)7-17/h2-4,10H,5-8,15H2,1H3,(H,16,18)/t10-/m0/s1. The summed E-state index contributed by atoms with van der Waals surface area (Å²) in [5, 5.41) is 3.55. The quantitative estimate of drug-likeness (QED) is 0.875. The maximum Gasteiger partial charge on any atom is 0.238 e. The number of carbonyl (C=O) groups excluding carboxylic acids is 1. The lowest BCUT2D eigenvalue weighted by Gasteiger charge is -2.15. The van der Waals surface area contributed by atoms with E-state index in [1.807, 2.05) is 25.1 Å². The molecule has 0 radical (unpaired) electrons. The van der Waals surface area contributed by atoms with Crippen LogP contribution in [0.1, 0.15) is 12.0 Å². The first-order chi connectivity index (χ1) is 8.56. The molecule has 3 N–H and O–H groups in total. The summed E-state index contributed by atoms with van der Waals surface area (Å²) in [6, 6.07) is 5.70. The number of amides is 1. The van der Waals surface area contributed by atoms with Crippen molar-refractivity contribution in [1.82, 2.24) is 4.90 Å². The third kappa shape index (κ3) is 3.22. The zero-order valence-electron chi connectivity index (χ0n) is 10.4. The van der Waals surface area contributed by atoms with Crippen molar-refractivity contribution in [3.63, 3.8) is 0 Å². The average Bonchev–Trinajstić information content (AvgIpc) is 2.70. The second kappa shape index (κ2) is 5.69. The van der Waals surface area contributed by atoms with Crippen molar-refractivity contribution >= 4 is 23.2 Å². The summed E-state index contributed by atoms with van der Waals surface area (Å²) in [5.41, 5.74) is 7.47. The average molecular weight is 268 g/mol. The third-order valence-electron chi connectivity index (χ3n) is 3.22. The smallest absolute Gasteiger partial charge is 0.238 e. The minimum Gasteiger partial charge on any atom is -0.326 e. The largest absolute Gasteiger partial charge is 0.326 e. The Morgan fingerprint density at radius 1 is 1.61 bits per heavy atom. The Morgan fingerprint density at radius 3 is 3.06 bits per heavy atom. The van der Waals surface area contributed by atoms with Gasteiger partial charge in [-0.1, -0.05) is 17.7 Å². The number of hydrogen-bond acceptors (Lipinski definition) is 3. The van der Waals surface area contributed by atoms with Crippen LogP contribution in [0.2, 0.25) is 5.02 Å². The van der Waals surface area contributed by atoms with Crippen molar-refractivity contribution in [3.8, 4) is 0 Å². The number of halogens is 1. The molecule has 0 saturated carbocycles. The Hall–Kier alpha value is -1.10. The minimum atomic E-state index is -0.0190. The molecular weight excluding hydrogens is 250 g/mol. The van der Waals surface area contributed by atoms with Gasteiger partial charge in [0.2, 0.25) is 5.91 Å². The van der Waals surface area contributed by atoms with E-state index in [1.54, 1.807) is 0 Å². The van der Waals surface area contributed by atoms with Gasteiger partial charge in [0.1, 0.15) is 0 Å².